The molecular weight excluding hydrogens is 362 g/mol. The molecule has 0 radical (unpaired) electrons. The molecule has 1 aromatic rings. The molecule has 0 aromatic heterocycles. The van der Waals surface area contributed by atoms with Gasteiger partial charge in [-0.15, -0.1) is 11.6 Å². The van der Waals surface area contributed by atoms with Crippen LogP contribution in [0.2, 0.25) is 0 Å². The highest BCUT2D eigenvalue weighted by Crippen LogP contribution is 2.35. The van der Waals surface area contributed by atoms with E-state index in [9.17, 15) is 18.0 Å². The zero-order valence-electron chi connectivity index (χ0n) is 10.2. The number of hydrogen-bond acceptors (Lipinski definition) is 2. The zero-order valence-corrected chi connectivity index (χ0v) is 12.5. The van der Waals surface area contributed by atoms with Crippen LogP contribution in [0, 0.1) is 5.82 Å². The van der Waals surface area contributed by atoms with Crippen molar-refractivity contribution in [2.75, 3.05) is 12.5 Å². The molecule has 0 aliphatic rings. The number of carbonyl (C=O) groups is 1. The molecule has 0 spiro atoms. The Morgan fingerprint density at radius 1 is 1.50 bits per heavy atom. The van der Waals surface area contributed by atoms with Crippen LogP contribution < -0.4 is 5.32 Å². The van der Waals surface area contributed by atoms with Gasteiger partial charge in [0, 0.05) is 23.1 Å². The molecule has 3 nitrogen and oxygen atoms in total. The highest BCUT2D eigenvalue weighted by atomic mass is 79.9. The quantitative estimate of drug-likeness (QED) is 0.752. The van der Waals surface area contributed by atoms with Crippen LogP contribution in [0.3, 0.4) is 0 Å². The summed E-state index contributed by atoms with van der Waals surface area (Å²) in [6.07, 6.45) is -3.66. The summed E-state index contributed by atoms with van der Waals surface area (Å²) in [7, 11) is 0. The number of alkyl halides is 3. The van der Waals surface area contributed by atoms with Gasteiger partial charge in [-0.1, -0.05) is 15.9 Å². The second-order valence-corrected chi connectivity index (χ2v) is 5.23. The summed E-state index contributed by atoms with van der Waals surface area (Å²) in [5.41, 5.74) is -2.73. The normalized spacial score (nSPS) is 14.2. The summed E-state index contributed by atoms with van der Waals surface area (Å²) < 4.78 is 41.2. The summed E-state index contributed by atoms with van der Waals surface area (Å²) in [6, 6.07) is 3.49. The molecule has 1 unspecified atom stereocenters. The average molecular weight is 375 g/mol. The van der Waals surface area contributed by atoms with Gasteiger partial charge in [-0.2, -0.15) is 0 Å². The van der Waals surface area contributed by atoms with E-state index in [1.165, 1.54) is 6.07 Å². The van der Waals surface area contributed by atoms with Crippen molar-refractivity contribution in [3.05, 3.63) is 34.1 Å². The summed E-state index contributed by atoms with van der Waals surface area (Å²) in [5, 5.41) is 11.0. The first-order valence-corrected chi connectivity index (χ1v) is 6.91. The number of amides is 1. The van der Waals surface area contributed by atoms with E-state index in [2.05, 4.69) is 15.9 Å². The molecule has 0 fully saturated rings. The largest absolute Gasteiger partial charge is 0.396 e. The second-order valence-electron chi connectivity index (χ2n) is 4.05. The smallest absolute Gasteiger partial charge is 0.265 e. The minimum Gasteiger partial charge on any atom is -0.396 e. The molecule has 0 saturated carbocycles. The monoisotopic (exact) mass is 373 g/mol. The third-order valence-corrected chi connectivity index (χ3v) is 3.51. The molecule has 1 amide bonds. The van der Waals surface area contributed by atoms with Gasteiger partial charge in [0.15, 0.2) is 0 Å². The number of halogens is 5. The predicted octanol–water partition coefficient (Wildman–Crippen LogP) is 2.79. The van der Waals surface area contributed by atoms with E-state index < -0.39 is 48.2 Å². The first-order chi connectivity index (χ1) is 9.37. The van der Waals surface area contributed by atoms with Crippen LogP contribution >= 0.6 is 27.5 Å². The summed E-state index contributed by atoms with van der Waals surface area (Å²) in [6.45, 7) is -0.654. The van der Waals surface area contributed by atoms with Gasteiger partial charge in [0.2, 0.25) is 5.91 Å². The lowest BCUT2D eigenvalue weighted by Gasteiger charge is -2.34. The van der Waals surface area contributed by atoms with Crippen LogP contribution in [0.5, 0.6) is 0 Å². The molecule has 112 valence electrons. The molecular formula is C12H12BrClF3NO2. The molecule has 0 bridgehead atoms. The Balaban J connectivity index is 3.40. The first kappa shape index (κ1) is 17.3. The van der Waals surface area contributed by atoms with Crippen LogP contribution in [-0.4, -0.2) is 29.9 Å². The molecule has 0 saturated heterocycles. The van der Waals surface area contributed by atoms with E-state index in [1.807, 2.05) is 5.32 Å². The van der Waals surface area contributed by atoms with Crippen molar-refractivity contribution in [3.63, 3.8) is 0 Å². The lowest BCUT2D eigenvalue weighted by Crippen LogP contribution is -2.52. The Labute approximate surface area is 127 Å². The molecule has 8 heteroatoms. The van der Waals surface area contributed by atoms with E-state index in [-0.39, 0.29) is 0 Å². The predicted molar refractivity (Wildman–Crippen MR) is 72.3 cm³/mol. The molecule has 0 aliphatic carbocycles. The number of benzene rings is 1. The lowest BCUT2D eigenvalue weighted by atomic mass is 9.86. The van der Waals surface area contributed by atoms with Crippen LogP contribution in [0.25, 0.3) is 0 Å². The molecule has 20 heavy (non-hydrogen) atoms. The summed E-state index contributed by atoms with van der Waals surface area (Å²) >= 11 is 8.36. The fourth-order valence-corrected chi connectivity index (χ4v) is 2.27. The Bertz CT molecular complexity index is 490. The third kappa shape index (κ3) is 3.65. The van der Waals surface area contributed by atoms with E-state index in [4.69, 9.17) is 16.7 Å². The Morgan fingerprint density at radius 3 is 2.65 bits per heavy atom. The number of aliphatic hydroxyl groups excluding tert-OH is 1. The van der Waals surface area contributed by atoms with Crippen molar-refractivity contribution in [1.82, 2.24) is 5.32 Å². The van der Waals surface area contributed by atoms with Crippen molar-refractivity contribution < 1.29 is 23.1 Å². The average Bonchev–Trinajstić information content (AvgIpc) is 2.40. The molecule has 0 aliphatic heterocycles. The van der Waals surface area contributed by atoms with Gasteiger partial charge in [-0.25, -0.2) is 13.2 Å². The SMILES string of the molecule is O=C(CCl)NC(CCO)(c1cc(Br)ccc1F)C(F)F. The Kier molecular flexibility index (Phi) is 6.29. The molecule has 1 rings (SSSR count). The van der Waals surface area contributed by atoms with Gasteiger partial charge < -0.3 is 10.4 Å². The highest BCUT2D eigenvalue weighted by Gasteiger charge is 2.44. The van der Waals surface area contributed by atoms with Crippen LogP contribution in [-0.2, 0) is 10.3 Å². The maximum atomic E-state index is 13.9. The van der Waals surface area contributed by atoms with Crippen molar-refractivity contribution in [3.8, 4) is 0 Å². The molecule has 1 aromatic carbocycles. The molecule has 1 atom stereocenters. The van der Waals surface area contributed by atoms with Crippen molar-refractivity contribution >= 4 is 33.4 Å². The second kappa shape index (κ2) is 7.28. The summed E-state index contributed by atoms with van der Waals surface area (Å²) in [4.78, 5) is 11.4. The van der Waals surface area contributed by atoms with Gasteiger partial charge in [0.25, 0.3) is 6.43 Å². The van der Waals surface area contributed by atoms with Crippen LogP contribution in [0.15, 0.2) is 22.7 Å². The standard InChI is InChI=1S/C12H12BrClF3NO2/c13-7-1-2-9(15)8(5-7)12(3-4-19,11(16)17)18-10(20)6-14/h1-2,5,11,19H,3-4,6H2,(H,18,20). The number of carbonyl (C=O) groups excluding carboxylic acids is 1. The highest BCUT2D eigenvalue weighted by molar-refractivity contribution is 9.10. The third-order valence-electron chi connectivity index (χ3n) is 2.77. The van der Waals surface area contributed by atoms with E-state index in [0.717, 1.165) is 12.1 Å². The zero-order chi connectivity index (χ0) is 15.3. The first-order valence-electron chi connectivity index (χ1n) is 5.59. The Hall–Kier alpha value is -0.790. The van der Waals surface area contributed by atoms with Crippen molar-refractivity contribution in [2.24, 2.45) is 0 Å². The number of nitrogens with one attached hydrogen (secondary N) is 1. The number of aliphatic hydroxyl groups is 1. The van der Waals surface area contributed by atoms with Crippen molar-refractivity contribution in [2.45, 2.75) is 18.4 Å². The molecule has 0 heterocycles. The van der Waals surface area contributed by atoms with Gasteiger partial charge in [0.05, 0.1) is 0 Å². The summed E-state index contributed by atoms with van der Waals surface area (Å²) in [5.74, 6) is -2.33. The van der Waals surface area contributed by atoms with E-state index >= 15 is 0 Å². The van der Waals surface area contributed by atoms with Crippen molar-refractivity contribution in [1.29, 1.82) is 0 Å². The van der Waals surface area contributed by atoms with E-state index in [1.54, 1.807) is 0 Å². The number of rotatable bonds is 6. The van der Waals surface area contributed by atoms with Gasteiger partial charge in [0.1, 0.15) is 17.2 Å². The van der Waals surface area contributed by atoms with Gasteiger partial charge in [-0.05, 0) is 18.2 Å². The lowest BCUT2D eigenvalue weighted by molar-refractivity contribution is -0.124. The van der Waals surface area contributed by atoms with Crippen LogP contribution in [0.1, 0.15) is 12.0 Å². The topological polar surface area (TPSA) is 49.3 Å². The minimum absolute atomic E-state index is 0.372. The fourth-order valence-electron chi connectivity index (χ4n) is 1.84. The van der Waals surface area contributed by atoms with Gasteiger partial charge in [-0.3, -0.25) is 4.79 Å². The Morgan fingerprint density at radius 2 is 2.15 bits per heavy atom. The van der Waals surface area contributed by atoms with E-state index in [0.29, 0.717) is 4.47 Å². The number of hydrogen-bond donors (Lipinski definition) is 2. The maximum Gasteiger partial charge on any atom is 0.265 e. The fraction of sp³-hybridized carbons (Fsp3) is 0.417. The minimum atomic E-state index is -3.12. The molecule has 2 N–H and O–H groups in total. The van der Waals surface area contributed by atoms with Crippen LogP contribution in [0.4, 0.5) is 13.2 Å². The van der Waals surface area contributed by atoms with Gasteiger partial charge >= 0.3 is 0 Å². The maximum absolute atomic E-state index is 13.9.